The first kappa shape index (κ1) is 16.1. The molecule has 0 amide bonds. The summed E-state index contributed by atoms with van der Waals surface area (Å²) in [7, 11) is -4.67. The molecule has 0 saturated heterocycles. The Bertz CT molecular complexity index is 111. The van der Waals surface area contributed by atoms with E-state index in [1.54, 1.807) is 0 Å². The Morgan fingerprint density at radius 2 is 1.25 bits per heavy atom. The third kappa shape index (κ3) is 198. The standard InChI is InChI=1S/CH2O.K.H2O4S.H/c1-2;;1-5(2,3)4;/h1H2;;(H2,1,2,3,4);/q;+1;;-1. The van der Waals surface area contributed by atoms with Crippen LogP contribution < -0.4 is 51.4 Å². The van der Waals surface area contributed by atoms with Crippen LogP contribution in [0.3, 0.4) is 0 Å². The topological polar surface area (TPSA) is 91.7 Å². The van der Waals surface area contributed by atoms with Gasteiger partial charge in [-0.15, -0.1) is 0 Å². The number of rotatable bonds is 0. The molecule has 0 aromatic rings. The summed E-state index contributed by atoms with van der Waals surface area (Å²) in [4.78, 5) is 8.00. The summed E-state index contributed by atoms with van der Waals surface area (Å²) in [6, 6.07) is 0. The second kappa shape index (κ2) is 8.18. The van der Waals surface area contributed by atoms with Crippen LogP contribution in [0.25, 0.3) is 0 Å². The van der Waals surface area contributed by atoms with Crippen molar-refractivity contribution in [1.29, 1.82) is 0 Å². The molecule has 0 aliphatic rings. The molecule has 46 valence electrons. The van der Waals surface area contributed by atoms with E-state index in [9.17, 15) is 0 Å². The van der Waals surface area contributed by atoms with Gasteiger partial charge in [-0.05, 0) is 0 Å². The van der Waals surface area contributed by atoms with Crippen molar-refractivity contribution in [2.24, 2.45) is 0 Å². The molecule has 0 aliphatic heterocycles. The Morgan fingerprint density at radius 1 is 1.25 bits per heavy atom. The number of carbonyl (C=O) groups is 1. The van der Waals surface area contributed by atoms with Crippen molar-refractivity contribution in [3.63, 3.8) is 0 Å². The molecule has 0 rings (SSSR count). The van der Waals surface area contributed by atoms with E-state index in [1.165, 1.54) is 0 Å². The van der Waals surface area contributed by atoms with Gasteiger partial charge in [-0.25, -0.2) is 0 Å². The average molecular weight is 168 g/mol. The van der Waals surface area contributed by atoms with Crippen LogP contribution in [0.4, 0.5) is 0 Å². The zero-order valence-electron chi connectivity index (χ0n) is 5.23. The molecule has 0 heterocycles. The van der Waals surface area contributed by atoms with Gasteiger partial charge in [0.05, 0.1) is 0 Å². The smallest absolute Gasteiger partial charge is 1.00 e. The normalized spacial score (nSPS) is 7.75. The van der Waals surface area contributed by atoms with Crippen LogP contribution in [-0.4, -0.2) is 24.3 Å². The Hall–Kier alpha value is 1.18. The minimum Gasteiger partial charge on any atom is -1.00 e. The summed E-state index contributed by atoms with van der Waals surface area (Å²) in [6.45, 7) is 2.00. The maximum atomic E-state index is 8.74. The van der Waals surface area contributed by atoms with Gasteiger partial charge in [-0.2, -0.15) is 8.42 Å². The molecule has 2 N–H and O–H groups in total. The fourth-order valence-corrected chi connectivity index (χ4v) is 0. The van der Waals surface area contributed by atoms with Crippen molar-refractivity contribution in [3.8, 4) is 0 Å². The van der Waals surface area contributed by atoms with E-state index in [2.05, 4.69) is 0 Å². The molecule has 0 aromatic heterocycles. The summed E-state index contributed by atoms with van der Waals surface area (Å²) in [6.07, 6.45) is 0. The molecule has 0 bridgehead atoms. The van der Waals surface area contributed by atoms with E-state index in [0.717, 1.165) is 0 Å². The predicted octanol–water partition coefficient (Wildman–Crippen LogP) is -3.72. The SMILES string of the molecule is C=O.O=S(=O)(O)O.[H-].[K+]. The van der Waals surface area contributed by atoms with Crippen LogP contribution >= 0.6 is 0 Å². The van der Waals surface area contributed by atoms with Crippen molar-refractivity contribution in [1.82, 2.24) is 0 Å². The molecular weight excluding hydrogens is 163 g/mol. The molecule has 5 nitrogen and oxygen atoms in total. The summed E-state index contributed by atoms with van der Waals surface area (Å²) >= 11 is 0. The monoisotopic (exact) mass is 168 g/mol. The molecule has 0 aromatic carbocycles. The van der Waals surface area contributed by atoms with Gasteiger partial charge in [0.15, 0.2) is 0 Å². The van der Waals surface area contributed by atoms with Gasteiger partial charge < -0.3 is 6.22 Å². The molecule has 7 heteroatoms. The summed E-state index contributed by atoms with van der Waals surface area (Å²) in [5.74, 6) is 0. The van der Waals surface area contributed by atoms with E-state index in [1.807, 2.05) is 6.79 Å². The van der Waals surface area contributed by atoms with Gasteiger partial charge in [0.2, 0.25) is 0 Å². The molecule has 8 heavy (non-hydrogen) atoms. The molecule has 0 spiro atoms. The van der Waals surface area contributed by atoms with Crippen LogP contribution in [-0.2, 0) is 15.2 Å². The third-order valence-corrected chi connectivity index (χ3v) is 0. The van der Waals surface area contributed by atoms with Crippen LogP contribution in [0, 0.1) is 0 Å². The second-order valence-electron chi connectivity index (χ2n) is 0.448. The van der Waals surface area contributed by atoms with Crippen LogP contribution in [0.5, 0.6) is 0 Å². The van der Waals surface area contributed by atoms with Gasteiger partial charge in [0, 0.05) is 0 Å². The minimum absolute atomic E-state index is 0. The third-order valence-electron chi connectivity index (χ3n) is 0. The summed E-state index contributed by atoms with van der Waals surface area (Å²) in [5.41, 5.74) is 0. The Kier molecular flexibility index (Phi) is 16.4. The van der Waals surface area contributed by atoms with Crippen LogP contribution in [0.1, 0.15) is 1.43 Å². The van der Waals surface area contributed by atoms with E-state index in [4.69, 9.17) is 22.3 Å². The van der Waals surface area contributed by atoms with Crippen LogP contribution in [0.2, 0.25) is 0 Å². The Balaban J connectivity index is -0.0000000286. The number of carbonyl (C=O) groups excluding carboxylic acids is 1. The van der Waals surface area contributed by atoms with E-state index >= 15 is 0 Å². The minimum atomic E-state index is -4.67. The Morgan fingerprint density at radius 3 is 1.25 bits per heavy atom. The van der Waals surface area contributed by atoms with Gasteiger partial charge >= 0.3 is 61.8 Å². The van der Waals surface area contributed by atoms with E-state index in [0.29, 0.717) is 0 Å². The van der Waals surface area contributed by atoms with Crippen molar-refractivity contribution in [2.45, 2.75) is 0 Å². The zero-order chi connectivity index (χ0) is 6.50. The van der Waals surface area contributed by atoms with E-state index in [-0.39, 0.29) is 52.8 Å². The van der Waals surface area contributed by atoms with Gasteiger partial charge in [-0.1, -0.05) is 0 Å². The average Bonchev–Trinajstić information content (AvgIpc) is 1.36. The zero-order valence-corrected chi connectivity index (χ0v) is 8.17. The molecule has 0 atom stereocenters. The molecule has 0 saturated carbocycles. The van der Waals surface area contributed by atoms with Crippen molar-refractivity contribution >= 4 is 17.2 Å². The van der Waals surface area contributed by atoms with Gasteiger partial charge in [0.25, 0.3) is 0 Å². The van der Waals surface area contributed by atoms with Gasteiger partial charge in [-0.3, -0.25) is 9.11 Å². The van der Waals surface area contributed by atoms with Crippen molar-refractivity contribution in [2.75, 3.05) is 0 Å². The molecule has 0 unspecified atom stereocenters. The van der Waals surface area contributed by atoms with E-state index < -0.39 is 10.4 Å². The largest absolute Gasteiger partial charge is 1.00 e. The molecule has 0 fully saturated rings. The molecular formula is CH5KO5S. The van der Waals surface area contributed by atoms with Crippen molar-refractivity contribution < 1.29 is 75.1 Å². The number of hydrogen-bond acceptors (Lipinski definition) is 3. The Labute approximate surface area is 90.9 Å². The van der Waals surface area contributed by atoms with Crippen LogP contribution in [0.15, 0.2) is 0 Å². The maximum Gasteiger partial charge on any atom is 1.00 e. The summed E-state index contributed by atoms with van der Waals surface area (Å²) < 4.78 is 31.6. The van der Waals surface area contributed by atoms with Gasteiger partial charge in [0.1, 0.15) is 6.79 Å². The fourth-order valence-electron chi connectivity index (χ4n) is 0. The first-order valence-corrected chi connectivity index (χ1v) is 2.38. The number of hydrogen-bond donors (Lipinski definition) is 2. The fraction of sp³-hybridized carbons (Fsp3) is 0. The molecule has 0 aliphatic carbocycles. The first-order valence-electron chi connectivity index (χ1n) is 0.987. The molecule has 0 radical (unpaired) electrons. The quantitative estimate of drug-likeness (QED) is 0.287. The maximum absolute atomic E-state index is 8.74. The summed E-state index contributed by atoms with van der Waals surface area (Å²) in [5, 5.41) is 0. The first-order chi connectivity index (χ1) is 3.00. The van der Waals surface area contributed by atoms with Crippen molar-refractivity contribution in [3.05, 3.63) is 0 Å². The second-order valence-corrected chi connectivity index (χ2v) is 1.34. The predicted molar refractivity (Wildman–Crippen MR) is 22.4 cm³/mol.